The molecule has 3 amide bonds. The Bertz CT molecular complexity index is 1390. The fraction of sp³-hybridized carbons (Fsp3) is 0.333. The Kier molecular flexibility index (Phi) is 8.86. The number of fused-ring (bicyclic) bond motifs is 1. The number of urea groups is 1. The number of likely N-dealkylation sites (N-methyl/N-ethyl adjacent to an activating group) is 1. The summed E-state index contributed by atoms with van der Waals surface area (Å²) in [6.45, 7) is 4.08. The van der Waals surface area contributed by atoms with E-state index in [4.69, 9.17) is 14.7 Å². The van der Waals surface area contributed by atoms with Gasteiger partial charge in [-0.05, 0) is 55.0 Å². The first-order chi connectivity index (χ1) is 19.2. The third kappa shape index (κ3) is 6.33. The van der Waals surface area contributed by atoms with Crippen molar-refractivity contribution in [2.75, 3.05) is 39.2 Å². The van der Waals surface area contributed by atoms with E-state index in [0.29, 0.717) is 29.1 Å². The van der Waals surface area contributed by atoms with Gasteiger partial charge < -0.3 is 29.7 Å². The molecule has 0 unspecified atom stereocenters. The molecular formula is C30H33N5O5. The number of pyridine rings is 1. The number of hydrogen-bond donors (Lipinski definition) is 2. The van der Waals surface area contributed by atoms with E-state index in [1.54, 1.807) is 86.8 Å². The predicted molar refractivity (Wildman–Crippen MR) is 150 cm³/mol. The molecular weight excluding hydrogens is 510 g/mol. The molecule has 1 aliphatic rings. The van der Waals surface area contributed by atoms with E-state index in [-0.39, 0.29) is 42.5 Å². The minimum Gasteiger partial charge on any atom is -0.497 e. The average Bonchev–Trinajstić information content (AvgIpc) is 2.98. The highest BCUT2D eigenvalue weighted by molar-refractivity contribution is 5.98. The molecule has 3 aromatic rings. The van der Waals surface area contributed by atoms with Gasteiger partial charge in [-0.3, -0.25) is 4.79 Å². The highest BCUT2D eigenvalue weighted by Gasteiger charge is 2.34. The number of carbonyl (C=O) groups excluding carboxylic acids is 2. The molecule has 4 rings (SSSR count). The first-order valence-electron chi connectivity index (χ1n) is 13.0. The van der Waals surface area contributed by atoms with Crippen LogP contribution in [0.5, 0.6) is 11.6 Å². The Balaban J connectivity index is 1.60. The monoisotopic (exact) mass is 543 g/mol. The van der Waals surface area contributed by atoms with Gasteiger partial charge in [0.2, 0.25) is 5.88 Å². The highest BCUT2D eigenvalue weighted by atomic mass is 16.5. The fourth-order valence-electron chi connectivity index (χ4n) is 4.46. The van der Waals surface area contributed by atoms with Gasteiger partial charge in [-0.15, -0.1) is 0 Å². The number of nitriles is 1. The van der Waals surface area contributed by atoms with Crippen LogP contribution in [0.2, 0.25) is 0 Å². The molecule has 1 aliphatic heterocycles. The molecule has 0 radical (unpaired) electrons. The van der Waals surface area contributed by atoms with Crippen molar-refractivity contribution in [1.29, 1.82) is 5.26 Å². The summed E-state index contributed by atoms with van der Waals surface area (Å²) in [7, 11) is 3.25. The van der Waals surface area contributed by atoms with Crippen molar-refractivity contribution in [2.45, 2.75) is 26.0 Å². The predicted octanol–water partition coefficient (Wildman–Crippen LogP) is 4.01. The Labute approximate surface area is 233 Å². The number of amides is 3. The second-order valence-corrected chi connectivity index (χ2v) is 9.93. The number of ether oxygens (including phenoxy) is 2. The van der Waals surface area contributed by atoms with Crippen LogP contribution in [0.15, 0.2) is 60.8 Å². The summed E-state index contributed by atoms with van der Waals surface area (Å²) in [6, 6.07) is 17.1. The van der Waals surface area contributed by atoms with Crippen molar-refractivity contribution in [3.63, 3.8) is 0 Å². The zero-order valence-corrected chi connectivity index (χ0v) is 23.0. The molecule has 0 bridgehead atoms. The molecule has 0 saturated carbocycles. The van der Waals surface area contributed by atoms with Gasteiger partial charge in [0.05, 0.1) is 37.9 Å². The van der Waals surface area contributed by atoms with Crippen molar-refractivity contribution < 1.29 is 24.2 Å². The van der Waals surface area contributed by atoms with Gasteiger partial charge >= 0.3 is 6.03 Å². The molecule has 40 heavy (non-hydrogen) atoms. The average molecular weight is 544 g/mol. The Morgan fingerprint density at radius 2 is 1.95 bits per heavy atom. The van der Waals surface area contributed by atoms with Crippen molar-refractivity contribution in [3.8, 4) is 28.8 Å². The summed E-state index contributed by atoms with van der Waals surface area (Å²) in [4.78, 5) is 34.3. The summed E-state index contributed by atoms with van der Waals surface area (Å²) in [6.07, 6.45) is 1.14. The van der Waals surface area contributed by atoms with Gasteiger partial charge in [-0.2, -0.15) is 5.26 Å². The molecule has 0 saturated heterocycles. The van der Waals surface area contributed by atoms with Crippen LogP contribution >= 0.6 is 0 Å². The molecule has 3 atom stereocenters. The summed E-state index contributed by atoms with van der Waals surface area (Å²) in [5, 5.41) is 21.9. The highest BCUT2D eigenvalue weighted by Crippen LogP contribution is 2.30. The smallest absolute Gasteiger partial charge is 0.321 e. The van der Waals surface area contributed by atoms with Gasteiger partial charge in [0.1, 0.15) is 17.4 Å². The first-order valence-corrected chi connectivity index (χ1v) is 13.0. The van der Waals surface area contributed by atoms with Gasteiger partial charge in [-0.1, -0.05) is 19.1 Å². The minimum atomic E-state index is -0.486. The van der Waals surface area contributed by atoms with E-state index in [1.165, 1.54) is 4.90 Å². The molecule has 0 spiro atoms. The zero-order chi connectivity index (χ0) is 28.8. The SMILES string of the molecule is COc1ccc(NC(=O)N(C)C[C@@H]2Oc3ncc(-c4ccc(C#N)cc4)cc3C(=O)N([C@H](C)CO)C[C@H]2C)cc1. The van der Waals surface area contributed by atoms with Crippen LogP contribution in [0.1, 0.15) is 29.8 Å². The van der Waals surface area contributed by atoms with Gasteiger partial charge in [0, 0.05) is 37.0 Å². The lowest BCUT2D eigenvalue weighted by Crippen LogP contribution is -2.50. The maximum atomic E-state index is 13.7. The van der Waals surface area contributed by atoms with E-state index in [9.17, 15) is 14.7 Å². The molecule has 2 N–H and O–H groups in total. The number of aliphatic hydroxyl groups excluding tert-OH is 1. The van der Waals surface area contributed by atoms with Gasteiger partial charge in [0.15, 0.2) is 0 Å². The fourth-order valence-corrected chi connectivity index (χ4v) is 4.46. The lowest BCUT2D eigenvalue weighted by molar-refractivity contribution is 0.0356. The number of nitrogens with zero attached hydrogens (tertiary/aromatic N) is 4. The number of anilines is 1. The van der Waals surface area contributed by atoms with E-state index in [0.717, 1.165) is 5.56 Å². The normalized spacial score (nSPS) is 17.4. The van der Waals surface area contributed by atoms with Crippen molar-refractivity contribution >= 4 is 17.6 Å². The third-order valence-corrected chi connectivity index (χ3v) is 7.01. The Hall–Kier alpha value is -4.62. The second kappa shape index (κ2) is 12.5. The maximum Gasteiger partial charge on any atom is 0.321 e. The van der Waals surface area contributed by atoms with Crippen molar-refractivity contribution in [1.82, 2.24) is 14.8 Å². The molecule has 10 nitrogen and oxygen atoms in total. The lowest BCUT2D eigenvalue weighted by Gasteiger charge is -2.37. The number of hydrogen-bond acceptors (Lipinski definition) is 7. The number of aromatic nitrogens is 1. The molecule has 2 aromatic carbocycles. The number of benzene rings is 2. The largest absolute Gasteiger partial charge is 0.497 e. The van der Waals surface area contributed by atoms with Crippen LogP contribution in [-0.2, 0) is 0 Å². The summed E-state index contributed by atoms with van der Waals surface area (Å²) >= 11 is 0. The van der Waals surface area contributed by atoms with Crippen molar-refractivity contribution in [3.05, 3.63) is 71.9 Å². The number of aliphatic hydroxyl groups is 1. The number of nitrogens with one attached hydrogen (secondary N) is 1. The quantitative estimate of drug-likeness (QED) is 0.461. The van der Waals surface area contributed by atoms with Crippen LogP contribution in [0.4, 0.5) is 10.5 Å². The van der Waals surface area contributed by atoms with E-state index >= 15 is 0 Å². The number of methoxy groups -OCH3 is 1. The van der Waals surface area contributed by atoms with Crippen LogP contribution in [0, 0.1) is 17.2 Å². The molecule has 0 aliphatic carbocycles. The molecule has 1 aromatic heterocycles. The Morgan fingerprint density at radius 3 is 2.58 bits per heavy atom. The van der Waals surface area contributed by atoms with Gasteiger partial charge in [0.25, 0.3) is 5.91 Å². The van der Waals surface area contributed by atoms with Crippen LogP contribution in [-0.4, -0.2) is 77.8 Å². The van der Waals surface area contributed by atoms with Crippen LogP contribution in [0.3, 0.4) is 0 Å². The maximum absolute atomic E-state index is 13.7. The summed E-state index contributed by atoms with van der Waals surface area (Å²) < 4.78 is 11.5. The topological polar surface area (TPSA) is 128 Å². The van der Waals surface area contributed by atoms with Crippen molar-refractivity contribution in [2.24, 2.45) is 5.92 Å². The zero-order valence-electron chi connectivity index (χ0n) is 23.0. The molecule has 2 heterocycles. The summed E-state index contributed by atoms with van der Waals surface area (Å²) in [5.41, 5.74) is 2.91. The van der Waals surface area contributed by atoms with Crippen LogP contribution < -0.4 is 14.8 Å². The van der Waals surface area contributed by atoms with Gasteiger partial charge in [-0.25, -0.2) is 9.78 Å². The molecule has 10 heteroatoms. The second-order valence-electron chi connectivity index (χ2n) is 9.93. The summed E-state index contributed by atoms with van der Waals surface area (Å²) in [5.74, 6) is 0.378. The number of carbonyl (C=O) groups is 2. The molecule has 0 fully saturated rings. The lowest BCUT2D eigenvalue weighted by atomic mass is 9.99. The van der Waals surface area contributed by atoms with E-state index in [1.807, 2.05) is 6.92 Å². The Morgan fingerprint density at radius 1 is 1.25 bits per heavy atom. The molecule has 208 valence electrons. The van der Waals surface area contributed by atoms with E-state index < -0.39 is 12.1 Å². The van der Waals surface area contributed by atoms with E-state index in [2.05, 4.69) is 16.4 Å². The minimum absolute atomic E-state index is 0.165. The van der Waals surface area contributed by atoms with Crippen LogP contribution in [0.25, 0.3) is 11.1 Å². The first kappa shape index (κ1) is 28.4. The number of rotatable bonds is 7. The third-order valence-electron chi connectivity index (χ3n) is 7.01. The standard InChI is InChI=1S/C30H33N5O5/c1-19-16-35(20(2)18-36)29(37)26-13-23(22-7-5-21(14-31)6-8-22)15-32-28(26)40-27(19)17-34(3)30(38)33-24-9-11-25(39-4)12-10-24/h5-13,15,19-20,27,36H,16-18H2,1-4H3,(H,33,38)/t19-,20-,27+/m1/s1.